The summed E-state index contributed by atoms with van der Waals surface area (Å²) in [4.78, 5) is 23.8. The molecule has 0 aliphatic rings. The molecule has 0 N–H and O–H groups in total. The van der Waals surface area contributed by atoms with Crippen molar-refractivity contribution in [2.45, 2.75) is 32.6 Å². The van der Waals surface area contributed by atoms with Crippen molar-refractivity contribution in [2.75, 3.05) is 10.7 Å². The van der Waals surface area contributed by atoms with Gasteiger partial charge in [-0.15, -0.1) is 0 Å². The van der Waals surface area contributed by atoms with Crippen LogP contribution in [-0.2, 0) is 26.9 Å². The molecule has 0 atom stereocenters. The number of rotatable bonds is 8. The molecular formula is C25H25N3O3S2. The second-order valence-electron chi connectivity index (χ2n) is 8.02. The highest BCUT2D eigenvalue weighted by atomic mass is 32.2. The number of fused-ring (bicyclic) bond motifs is 1. The highest BCUT2D eigenvalue weighted by Gasteiger charge is 2.23. The Balaban J connectivity index is 1.58. The highest BCUT2D eigenvalue weighted by Crippen LogP contribution is 2.33. The summed E-state index contributed by atoms with van der Waals surface area (Å²) in [6.45, 7) is 4.33. The van der Waals surface area contributed by atoms with E-state index >= 15 is 0 Å². The number of amides is 1. The topological polar surface area (TPSA) is 80.2 Å². The number of aromatic nitrogens is 2. The molecule has 0 radical (unpaired) electrons. The predicted octanol–water partition coefficient (Wildman–Crippen LogP) is 4.85. The van der Waals surface area contributed by atoms with Crippen molar-refractivity contribution in [2.24, 2.45) is 0 Å². The molecule has 0 saturated carbocycles. The molecule has 2 heterocycles. The third-order valence-corrected chi connectivity index (χ3v) is 8.17. The largest absolute Gasteiger partial charge is 0.284 e. The van der Waals surface area contributed by atoms with Crippen molar-refractivity contribution in [3.8, 4) is 0 Å². The number of sulfone groups is 1. The molecular weight excluding hydrogens is 454 g/mol. The van der Waals surface area contributed by atoms with Crippen LogP contribution >= 0.6 is 11.3 Å². The number of carbonyl (C=O) groups is 1. The zero-order valence-corrected chi connectivity index (χ0v) is 20.2. The number of hydrogen-bond acceptors (Lipinski definition) is 6. The van der Waals surface area contributed by atoms with Crippen molar-refractivity contribution in [3.05, 3.63) is 89.2 Å². The molecule has 0 bridgehead atoms. The maximum Gasteiger partial charge on any atom is 0.230 e. The van der Waals surface area contributed by atoms with Crippen LogP contribution in [0.15, 0.2) is 67.0 Å². The Hall–Kier alpha value is -3.10. The summed E-state index contributed by atoms with van der Waals surface area (Å²) in [5, 5.41) is 0.563. The monoisotopic (exact) mass is 479 g/mol. The second kappa shape index (κ2) is 9.80. The molecule has 1 amide bonds. The Morgan fingerprint density at radius 3 is 2.48 bits per heavy atom. The van der Waals surface area contributed by atoms with Crippen LogP contribution in [0.4, 0.5) is 5.13 Å². The fraction of sp³-hybridized carbons (Fsp3) is 0.240. The van der Waals surface area contributed by atoms with Gasteiger partial charge in [0.25, 0.3) is 0 Å². The van der Waals surface area contributed by atoms with Gasteiger partial charge in [0.15, 0.2) is 15.0 Å². The minimum absolute atomic E-state index is 0.0800. The van der Waals surface area contributed by atoms with E-state index in [2.05, 4.69) is 4.98 Å². The average Bonchev–Trinajstić information content (AvgIpc) is 3.24. The Kier molecular flexibility index (Phi) is 6.85. The maximum atomic E-state index is 13.3. The number of hydrogen-bond donors (Lipinski definition) is 0. The standard InChI is InChI=1S/C25H25N3O3S2/c1-18-10-11-22-24(19(18)2)27-25(32-22)28(16-21-9-6-13-26-15-21)23(29)12-14-33(30,31)17-20-7-4-3-5-8-20/h3-11,13,15H,12,14,16-17H2,1-2H3. The summed E-state index contributed by atoms with van der Waals surface area (Å²) >= 11 is 1.44. The van der Waals surface area contributed by atoms with Crippen LogP contribution < -0.4 is 4.90 Å². The third kappa shape index (κ3) is 5.64. The number of nitrogens with zero attached hydrogens (tertiary/aromatic N) is 3. The van der Waals surface area contributed by atoms with Gasteiger partial charge in [0.2, 0.25) is 5.91 Å². The Labute approximate surface area is 197 Å². The van der Waals surface area contributed by atoms with E-state index in [0.29, 0.717) is 10.7 Å². The summed E-state index contributed by atoms with van der Waals surface area (Å²) in [7, 11) is -3.43. The minimum atomic E-state index is -3.43. The molecule has 170 valence electrons. The van der Waals surface area contributed by atoms with Gasteiger partial charge in [0, 0.05) is 18.8 Å². The van der Waals surface area contributed by atoms with Crippen molar-refractivity contribution >= 4 is 42.4 Å². The molecule has 4 aromatic rings. The first-order valence-electron chi connectivity index (χ1n) is 10.6. The fourth-order valence-corrected chi connectivity index (χ4v) is 5.92. The van der Waals surface area contributed by atoms with Crippen molar-refractivity contribution in [1.82, 2.24) is 9.97 Å². The first-order chi connectivity index (χ1) is 15.8. The van der Waals surface area contributed by atoms with Gasteiger partial charge in [-0.1, -0.05) is 53.8 Å². The summed E-state index contributed by atoms with van der Waals surface area (Å²) in [6, 6.07) is 16.8. The van der Waals surface area contributed by atoms with Gasteiger partial charge in [-0.3, -0.25) is 14.7 Å². The van der Waals surface area contributed by atoms with Gasteiger partial charge in [-0.05, 0) is 48.2 Å². The van der Waals surface area contributed by atoms with E-state index in [9.17, 15) is 13.2 Å². The van der Waals surface area contributed by atoms with Gasteiger partial charge in [0.05, 0.1) is 28.3 Å². The lowest BCUT2D eigenvalue weighted by Gasteiger charge is -2.20. The molecule has 33 heavy (non-hydrogen) atoms. The summed E-state index contributed by atoms with van der Waals surface area (Å²) in [6.07, 6.45) is 3.27. The number of anilines is 1. The molecule has 0 saturated heterocycles. The Morgan fingerprint density at radius 1 is 1.00 bits per heavy atom. The zero-order chi connectivity index (χ0) is 23.4. The maximum absolute atomic E-state index is 13.3. The van der Waals surface area contributed by atoms with E-state index in [0.717, 1.165) is 26.9 Å². The Morgan fingerprint density at radius 2 is 1.76 bits per heavy atom. The van der Waals surface area contributed by atoms with Crippen LogP contribution in [0, 0.1) is 13.8 Å². The SMILES string of the molecule is Cc1ccc2sc(N(Cc3cccnc3)C(=O)CCS(=O)(=O)Cc3ccccc3)nc2c1C. The van der Waals surface area contributed by atoms with E-state index in [1.807, 2.05) is 56.3 Å². The van der Waals surface area contributed by atoms with E-state index in [1.165, 1.54) is 11.3 Å². The minimum Gasteiger partial charge on any atom is -0.284 e. The Bertz CT molecular complexity index is 1370. The molecule has 2 aromatic heterocycles. The molecule has 0 fully saturated rings. The first kappa shape index (κ1) is 23.1. The van der Waals surface area contributed by atoms with E-state index < -0.39 is 9.84 Å². The molecule has 8 heteroatoms. The van der Waals surface area contributed by atoms with Crippen LogP contribution in [0.25, 0.3) is 10.2 Å². The van der Waals surface area contributed by atoms with E-state index in [1.54, 1.807) is 29.4 Å². The smallest absolute Gasteiger partial charge is 0.230 e. The third-order valence-electron chi connectivity index (χ3n) is 5.53. The van der Waals surface area contributed by atoms with Gasteiger partial charge >= 0.3 is 0 Å². The van der Waals surface area contributed by atoms with E-state index in [-0.39, 0.29) is 30.4 Å². The molecule has 0 aliphatic carbocycles. The number of pyridine rings is 1. The zero-order valence-electron chi connectivity index (χ0n) is 18.6. The molecule has 0 unspecified atom stereocenters. The van der Waals surface area contributed by atoms with Crippen LogP contribution in [0.1, 0.15) is 28.7 Å². The number of benzene rings is 2. The number of aryl methyl sites for hydroxylation is 2. The van der Waals surface area contributed by atoms with Crippen LogP contribution in [0.2, 0.25) is 0 Å². The summed E-state index contributed by atoms with van der Waals surface area (Å²) in [5.41, 5.74) is 4.65. The molecule has 2 aromatic carbocycles. The van der Waals surface area contributed by atoms with Gasteiger partial charge in [-0.25, -0.2) is 13.4 Å². The van der Waals surface area contributed by atoms with Crippen molar-refractivity contribution in [3.63, 3.8) is 0 Å². The van der Waals surface area contributed by atoms with Gasteiger partial charge < -0.3 is 0 Å². The molecule has 6 nitrogen and oxygen atoms in total. The lowest BCUT2D eigenvalue weighted by atomic mass is 10.1. The predicted molar refractivity (Wildman–Crippen MR) is 133 cm³/mol. The fourth-order valence-electron chi connectivity index (χ4n) is 3.54. The first-order valence-corrected chi connectivity index (χ1v) is 13.3. The van der Waals surface area contributed by atoms with Crippen LogP contribution in [-0.4, -0.2) is 30.0 Å². The lowest BCUT2D eigenvalue weighted by molar-refractivity contribution is -0.118. The quantitative estimate of drug-likeness (QED) is 0.361. The van der Waals surface area contributed by atoms with Crippen LogP contribution in [0.5, 0.6) is 0 Å². The normalized spacial score (nSPS) is 11.6. The van der Waals surface area contributed by atoms with Gasteiger partial charge in [-0.2, -0.15) is 0 Å². The summed E-state index contributed by atoms with van der Waals surface area (Å²) in [5.74, 6) is -0.569. The molecule has 0 aliphatic heterocycles. The van der Waals surface area contributed by atoms with Crippen LogP contribution in [0.3, 0.4) is 0 Å². The van der Waals surface area contributed by atoms with Crippen molar-refractivity contribution < 1.29 is 13.2 Å². The molecule has 0 spiro atoms. The highest BCUT2D eigenvalue weighted by molar-refractivity contribution is 7.90. The van der Waals surface area contributed by atoms with Gasteiger partial charge in [0.1, 0.15) is 0 Å². The number of thiazole rings is 1. The summed E-state index contributed by atoms with van der Waals surface area (Å²) < 4.78 is 26.3. The number of carbonyl (C=O) groups excluding carboxylic acids is 1. The molecule has 4 rings (SSSR count). The van der Waals surface area contributed by atoms with E-state index in [4.69, 9.17) is 4.98 Å². The lowest BCUT2D eigenvalue weighted by Crippen LogP contribution is -2.32. The second-order valence-corrected chi connectivity index (χ2v) is 11.2. The average molecular weight is 480 g/mol. The van der Waals surface area contributed by atoms with Crippen molar-refractivity contribution in [1.29, 1.82) is 0 Å².